The second-order valence-electron chi connectivity index (χ2n) is 1.70. The van der Waals surface area contributed by atoms with Gasteiger partial charge in [-0.3, -0.25) is 0 Å². The monoisotopic (exact) mass is 208 g/mol. The quantitative estimate of drug-likeness (QED) is 0.406. The maximum Gasteiger partial charge on any atom is 2.00 e. The number of halogens is 1. The minimum atomic E-state index is 0. The number of hydrogen-bond acceptors (Lipinski definition) is 0. The van der Waals surface area contributed by atoms with Crippen molar-refractivity contribution in [3.8, 4) is 0 Å². The molecule has 0 atom stereocenters. The van der Waals surface area contributed by atoms with Crippen LogP contribution in [0.3, 0.4) is 0 Å². The fraction of sp³-hybridized carbons (Fsp3) is 0.125. The molecule has 50 valence electrons. The summed E-state index contributed by atoms with van der Waals surface area (Å²) in [5, 5.41) is 0. The summed E-state index contributed by atoms with van der Waals surface area (Å²) in [5.74, 6) is 0. The molecule has 0 aliphatic rings. The van der Waals surface area contributed by atoms with Crippen LogP contribution in [0.5, 0.6) is 0 Å². The van der Waals surface area contributed by atoms with Crippen molar-refractivity contribution in [3.05, 3.63) is 42.3 Å². The van der Waals surface area contributed by atoms with E-state index in [2.05, 4.69) is 18.6 Å². The molecule has 1 aromatic carbocycles. The summed E-state index contributed by atoms with van der Waals surface area (Å²) in [4.78, 5) is 0. The molecule has 1 aromatic rings. The van der Waals surface area contributed by atoms with E-state index in [0.717, 1.165) is 0 Å². The predicted molar refractivity (Wildman–Crippen MR) is 41.3 cm³/mol. The molecule has 10 heavy (non-hydrogen) atoms. The summed E-state index contributed by atoms with van der Waals surface area (Å²) in [5.41, 5.74) is 1.28. The van der Waals surface area contributed by atoms with Crippen LogP contribution in [-0.4, -0.2) is 23.1 Å². The number of benzene rings is 1. The van der Waals surface area contributed by atoms with Gasteiger partial charge in [-0.25, -0.2) is 0 Å². The van der Waals surface area contributed by atoms with Gasteiger partial charge in [-0.15, -0.1) is 12.1 Å². The van der Waals surface area contributed by atoms with Crippen LogP contribution in [0, 0.1) is 6.42 Å². The molecule has 0 aliphatic carbocycles. The molecule has 0 N–H and O–H groups in total. The van der Waals surface area contributed by atoms with E-state index < -0.39 is 0 Å². The minimum Gasteiger partial charge on any atom is -1.00 e. The molecule has 0 unspecified atom stereocenters. The molecule has 0 nitrogen and oxygen atoms in total. The van der Waals surface area contributed by atoms with E-state index in [1.165, 1.54) is 5.56 Å². The Morgan fingerprint density at radius 2 is 1.60 bits per heavy atom. The Morgan fingerprint density at radius 3 is 1.90 bits per heavy atom. The van der Waals surface area contributed by atoms with Crippen molar-refractivity contribution in [2.24, 2.45) is 0 Å². The molecule has 0 heterocycles. The van der Waals surface area contributed by atoms with Crippen LogP contribution in [0.1, 0.15) is 12.5 Å². The third-order valence-electron chi connectivity index (χ3n) is 1.13. The first-order valence-corrected chi connectivity index (χ1v) is 2.78. The van der Waals surface area contributed by atoms with Gasteiger partial charge in [0.05, 0.1) is 0 Å². The zero-order valence-electron chi connectivity index (χ0n) is 6.05. The van der Waals surface area contributed by atoms with Crippen LogP contribution in [0.2, 0.25) is 0 Å². The van der Waals surface area contributed by atoms with Gasteiger partial charge in [0.15, 0.2) is 0 Å². The molecular formula is C8H9BrMg. The maximum atomic E-state index is 2.08. The van der Waals surface area contributed by atoms with E-state index in [9.17, 15) is 0 Å². The summed E-state index contributed by atoms with van der Waals surface area (Å²) < 4.78 is 0. The van der Waals surface area contributed by atoms with Crippen molar-refractivity contribution in [1.82, 2.24) is 0 Å². The predicted octanol–water partition coefficient (Wildman–Crippen LogP) is -1.12. The maximum absolute atomic E-state index is 2.08. The van der Waals surface area contributed by atoms with Gasteiger partial charge in [-0.2, -0.15) is 24.1 Å². The summed E-state index contributed by atoms with van der Waals surface area (Å²) in [6.45, 7) is 2.04. The van der Waals surface area contributed by atoms with E-state index in [1.54, 1.807) is 0 Å². The second-order valence-corrected chi connectivity index (χ2v) is 1.70. The summed E-state index contributed by atoms with van der Waals surface area (Å²) >= 11 is 0. The fourth-order valence-corrected chi connectivity index (χ4v) is 0.645. The van der Waals surface area contributed by atoms with Crippen molar-refractivity contribution in [3.63, 3.8) is 0 Å². The van der Waals surface area contributed by atoms with Crippen LogP contribution in [-0.2, 0) is 0 Å². The molecular weight excluding hydrogens is 200 g/mol. The van der Waals surface area contributed by atoms with E-state index >= 15 is 0 Å². The first kappa shape index (κ1) is 13.0. The Kier molecular flexibility index (Phi) is 9.65. The third-order valence-corrected chi connectivity index (χ3v) is 1.13. The minimum absolute atomic E-state index is 0. The molecule has 0 spiro atoms. The van der Waals surface area contributed by atoms with Gasteiger partial charge < -0.3 is 17.0 Å². The summed E-state index contributed by atoms with van der Waals surface area (Å²) in [6.07, 6.45) is 2.08. The number of rotatable bonds is 1. The van der Waals surface area contributed by atoms with Crippen LogP contribution in [0.4, 0.5) is 0 Å². The van der Waals surface area contributed by atoms with Gasteiger partial charge >= 0.3 is 23.1 Å². The Labute approximate surface area is 88.9 Å². The zero-order valence-corrected chi connectivity index (χ0v) is 9.05. The standard InChI is InChI=1S/C8H9.BrH.Mg/c1-2-8-6-4-3-5-7-8;;/h2-7H,1H3;1H;/q-1;;+2/p-1. The molecule has 0 aliphatic heterocycles. The third kappa shape index (κ3) is 4.20. The molecule has 0 bridgehead atoms. The van der Waals surface area contributed by atoms with Crippen molar-refractivity contribution in [2.75, 3.05) is 0 Å². The summed E-state index contributed by atoms with van der Waals surface area (Å²) in [6, 6.07) is 10.3. The van der Waals surface area contributed by atoms with E-state index in [4.69, 9.17) is 0 Å². The van der Waals surface area contributed by atoms with E-state index in [0.29, 0.717) is 0 Å². The van der Waals surface area contributed by atoms with Crippen LogP contribution < -0.4 is 17.0 Å². The van der Waals surface area contributed by atoms with E-state index in [-0.39, 0.29) is 40.0 Å². The molecule has 0 aromatic heterocycles. The van der Waals surface area contributed by atoms with Crippen LogP contribution in [0.15, 0.2) is 30.3 Å². The molecule has 0 saturated heterocycles. The van der Waals surface area contributed by atoms with Crippen molar-refractivity contribution < 1.29 is 17.0 Å². The Hall–Kier alpha value is 0.336. The largest absolute Gasteiger partial charge is 2.00 e. The van der Waals surface area contributed by atoms with Gasteiger partial charge in [0, 0.05) is 0 Å². The molecule has 0 radical (unpaired) electrons. The van der Waals surface area contributed by atoms with Crippen molar-refractivity contribution >= 4 is 23.1 Å². The second kappa shape index (κ2) is 7.44. The first-order chi connectivity index (χ1) is 3.93. The van der Waals surface area contributed by atoms with Crippen molar-refractivity contribution in [1.29, 1.82) is 0 Å². The van der Waals surface area contributed by atoms with Gasteiger partial charge in [-0.05, 0) is 0 Å². The topological polar surface area (TPSA) is 0 Å². The molecule has 2 heteroatoms. The summed E-state index contributed by atoms with van der Waals surface area (Å²) in [7, 11) is 0. The Morgan fingerprint density at radius 1 is 1.10 bits per heavy atom. The Bertz CT molecular complexity index is 151. The van der Waals surface area contributed by atoms with Crippen molar-refractivity contribution in [2.45, 2.75) is 6.92 Å². The van der Waals surface area contributed by atoms with Gasteiger partial charge in [0.2, 0.25) is 0 Å². The number of hydrogen-bond donors (Lipinski definition) is 0. The van der Waals surface area contributed by atoms with E-state index in [1.807, 2.05) is 25.1 Å². The smallest absolute Gasteiger partial charge is 1.00 e. The Balaban J connectivity index is 0. The molecule has 0 amide bonds. The molecule has 0 fully saturated rings. The zero-order chi connectivity index (χ0) is 5.82. The average Bonchev–Trinajstić information content (AvgIpc) is 1.90. The fourth-order valence-electron chi connectivity index (χ4n) is 0.645. The first-order valence-electron chi connectivity index (χ1n) is 2.78. The molecule has 1 rings (SSSR count). The van der Waals surface area contributed by atoms with Gasteiger partial charge in [0.25, 0.3) is 0 Å². The molecule has 0 saturated carbocycles. The van der Waals surface area contributed by atoms with Crippen LogP contribution >= 0.6 is 0 Å². The van der Waals surface area contributed by atoms with Crippen LogP contribution in [0.25, 0.3) is 0 Å². The normalized spacial score (nSPS) is 6.90. The van der Waals surface area contributed by atoms with Gasteiger partial charge in [-0.1, -0.05) is 13.0 Å². The van der Waals surface area contributed by atoms with Gasteiger partial charge in [0.1, 0.15) is 0 Å². The SMILES string of the molecule is C[CH-]c1ccccc1.[Br-].[Mg+2]. The average molecular weight is 209 g/mol.